The van der Waals surface area contributed by atoms with Gasteiger partial charge in [0.05, 0.1) is 17.1 Å². The molecular formula is C20H21N3O2. The van der Waals surface area contributed by atoms with E-state index < -0.39 is 11.9 Å². The minimum Gasteiger partial charge on any atom is -0.481 e. The zero-order valence-electron chi connectivity index (χ0n) is 14.2. The number of rotatable bonds is 4. The van der Waals surface area contributed by atoms with Gasteiger partial charge in [-0.3, -0.25) is 14.4 Å². The lowest BCUT2D eigenvalue weighted by Crippen LogP contribution is -2.36. The highest BCUT2D eigenvalue weighted by molar-refractivity contribution is 5.82. The molecule has 0 saturated carbocycles. The van der Waals surface area contributed by atoms with Crippen molar-refractivity contribution in [1.29, 1.82) is 0 Å². The standard InChI is InChI=1S/C20H21N3O2/c1-2-23-19-10-6-5-9-16(19)18(21-23)13-22-11-14-7-3-4-8-15(14)17(12-22)20(24)25/h3-10,17H,2,11-13H2,1H3,(H,24,25). The van der Waals surface area contributed by atoms with Gasteiger partial charge in [0, 0.05) is 31.6 Å². The molecule has 1 N–H and O–H groups in total. The molecule has 0 fully saturated rings. The van der Waals surface area contributed by atoms with E-state index in [1.165, 1.54) is 0 Å². The SMILES string of the molecule is CCn1nc(CN2Cc3ccccc3C(C(=O)O)C2)c2ccccc21. The fourth-order valence-corrected chi connectivity index (χ4v) is 3.78. The van der Waals surface area contributed by atoms with Crippen LogP contribution >= 0.6 is 0 Å². The number of carboxylic acid groups (broad SMARTS) is 1. The second-order valence-corrected chi connectivity index (χ2v) is 6.54. The summed E-state index contributed by atoms with van der Waals surface area (Å²) in [6.07, 6.45) is 0. The molecule has 0 bridgehead atoms. The van der Waals surface area contributed by atoms with Crippen LogP contribution in [0.2, 0.25) is 0 Å². The highest BCUT2D eigenvalue weighted by atomic mass is 16.4. The van der Waals surface area contributed by atoms with Crippen molar-refractivity contribution < 1.29 is 9.90 Å². The smallest absolute Gasteiger partial charge is 0.312 e. The van der Waals surface area contributed by atoms with Crippen LogP contribution in [0.5, 0.6) is 0 Å². The van der Waals surface area contributed by atoms with Crippen molar-refractivity contribution in [3.05, 3.63) is 65.4 Å². The average molecular weight is 335 g/mol. The molecule has 25 heavy (non-hydrogen) atoms. The van der Waals surface area contributed by atoms with Crippen LogP contribution < -0.4 is 0 Å². The van der Waals surface area contributed by atoms with Crippen molar-refractivity contribution in [1.82, 2.24) is 14.7 Å². The van der Waals surface area contributed by atoms with E-state index in [0.717, 1.165) is 40.8 Å². The number of benzene rings is 2. The summed E-state index contributed by atoms with van der Waals surface area (Å²) in [5, 5.41) is 15.5. The van der Waals surface area contributed by atoms with Gasteiger partial charge in [-0.1, -0.05) is 42.5 Å². The zero-order chi connectivity index (χ0) is 17.4. The highest BCUT2D eigenvalue weighted by Gasteiger charge is 2.30. The van der Waals surface area contributed by atoms with Gasteiger partial charge in [0.2, 0.25) is 0 Å². The minimum atomic E-state index is -0.763. The Morgan fingerprint density at radius 2 is 1.96 bits per heavy atom. The van der Waals surface area contributed by atoms with Crippen molar-refractivity contribution >= 4 is 16.9 Å². The molecule has 2 aromatic carbocycles. The minimum absolute atomic E-state index is 0.482. The molecule has 1 aliphatic rings. The highest BCUT2D eigenvalue weighted by Crippen LogP contribution is 2.30. The lowest BCUT2D eigenvalue weighted by atomic mass is 9.89. The van der Waals surface area contributed by atoms with Crippen molar-refractivity contribution in [3.63, 3.8) is 0 Å². The molecule has 0 saturated heterocycles. The van der Waals surface area contributed by atoms with Gasteiger partial charge >= 0.3 is 5.97 Å². The predicted octanol–water partition coefficient (Wildman–Crippen LogP) is 3.24. The topological polar surface area (TPSA) is 58.4 Å². The van der Waals surface area contributed by atoms with Crippen LogP contribution in [0, 0.1) is 0 Å². The van der Waals surface area contributed by atoms with E-state index in [9.17, 15) is 9.90 Å². The van der Waals surface area contributed by atoms with E-state index >= 15 is 0 Å². The Balaban J connectivity index is 1.67. The number of fused-ring (bicyclic) bond motifs is 2. The van der Waals surface area contributed by atoms with Crippen molar-refractivity contribution in [2.75, 3.05) is 6.54 Å². The first-order chi connectivity index (χ1) is 12.2. The van der Waals surface area contributed by atoms with Gasteiger partial charge in [-0.25, -0.2) is 0 Å². The van der Waals surface area contributed by atoms with E-state index in [4.69, 9.17) is 5.10 Å². The maximum absolute atomic E-state index is 11.7. The maximum atomic E-state index is 11.7. The Hall–Kier alpha value is -2.66. The van der Waals surface area contributed by atoms with E-state index in [1.54, 1.807) is 0 Å². The Morgan fingerprint density at radius 3 is 2.76 bits per heavy atom. The fourth-order valence-electron chi connectivity index (χ4n) is 3.78. The van der Waals surface area contributed by atoms with Gasteiger partial charge in [-0.05, 0) is 24.1 Å². The molecule has 2 heterocycles. The molecule has 4 rings (SSSR count). The summed E-state index contributed by atoms with van der Waals surface area (Å²) in [6.45, 7) is 4.83. The number of para-hydroxylation sites is 1. The molecule has 1 unspecified atom stereocenters. The van der Waals surface area contributed by atoms with Gasteiger partial charge in [0.25, 0.3) is 0 Å². The number of aliphatic carboxylic acids is 1. The number of carbonyl (C=O) groups is 1. The molecule has 0 spiro atoms. The van der Waals surface area contributed by atoms with Crippen LogP contribution in [0.1, 0.15) is 29.7 Å². The second kappa shape index (κ2) is 6.33. The summed E-state index contributed by atoms with van der Waals surface area (Å²) in [6, 6.07) is 16.1. The quantitative estimate of drug-likeness (QED) is 0.795. The molecule has 1 aliphatic heterocycles. The Labute approximate surface area is 146 Å². The van der Waals surface area contributed by atoms with Crippen LogP contribution in [0.3, 0.4) is 0 Å². The monoisotopic (exact) mass is 335 g/mol. The summed E-state index contributed by atoms with van der Waals surface area (Å²) in [5.41, 5.74) is 4.18. The van der Waals surface area contributed by atoms with Crippen molar-refractivity contribution in [2.24, 2.45) is 0 Å². The van der Waals surface area contributed by atoms with Gasteiger partial charge in [-0.15, -0.1) is 0 Å². The molecule has 128 valence electrons. The van der Waals surface area contributed by atoms with Gasteiger partial charge in [0.15, 0.2) is 0 Å². The van der Waals surface area contributed by atoms with Crippen LogP contribution in [-0.4, -0.2) is 32.3 Å². The number of carboxylic acids is 1. The summed E-state index contributed by atoms with van der Waals surface area (Å²) < 4.78 is 2.01. The molecule has 0 amide bonds. The molecule has 5 nitrogen and oxygen atoms in total. The lowest BCUT2D eigenvalue weighted by molar-refractivity contribution is -0.139. The third-order valence-corrected chi connectivity index (χ3v) is 4.97. The number of hydrogen-bond donors (Lipinski definition) is 1. The van der Waals surface area contributed by atoms with E-state index in [-0.39, 0.29) is 0 Å². The Morgan fingerprint density at radius 1 is 1.20 bits per heavy atom. The molecule has 0 radical (unpaired) electrons. The lowest BCUT2D eigenvalue weighted by Gasteiger charge is -2.32. The summed E-state index contributed by atoms with van der Waals surface area (Å²) in [5.74, 6) is -1.24. The Kier molecular flexibility index (Phi) is 4.01. The molecule has 3 aromatic rings. The summed E-state index contributed by atoms with van der Waals surface area (Å²) in [7, 11) is 0. The fraction of sp³-hybridized carbons (Fsp3) is 0.300. The number of aromatic nitrogens is 2. The van der Waals surface area contributed by atoms with E-state index in [0.29, 0.717) is 13.1 Å². The average Bonchev–Trinajstić information content (AvgIpc) is 2.99. The first-order valence-corrected chi connectivity index (χ1v) is 8.64. The first-order valence-electron chi connectivity index (χ1n) is 8.64. The summed E-state index contributed by atoms with van der Waals surface area (Å²) in [4.78, 5) is 13.9. The van der Waals surface area contributed by atoms with Crippen molar-refractivity contribution in [2.45, 2.75) is 32.5 Å². The third-order valence-electron chi connectivity index (χ3n) is 4.97. The van der Waals surface area contributed by atoms with Crippen LogP contribution in [0.15, 0.2) is 48.5 Å². The van der Waals surface area contributed by atoms with Crippen LogP contribution in [0.4, 0.5) is 0 Å². The molecule has 1 atom stereocenters. The molecular weight excluding hydrogens is 314 g/mol. The largest absolute Gasteiger partial charge is 0.481 e. The number of hydrogen-bond acceptors (Lipinski definition) is 3. The number of nitrogens with zero attached hydrogens (tertiary/aromatic N) is 3. The zero-order valence-corrected chi connectivity index (χ0v) is 14.2. The van der Waals surface area contributed by atoms with Crippen LogP contribution in [-0.2, 0) is 24.4 Å². The predicted molar refractivity (Wildman–Crippen MR) is 96.3 cm³/mol. The Bertz CT molecular complexity index is 932. The van der Waals surface area contributed by atoms with Gasteiger partial charge in [0.1, 0.15) is 0 Å². The maximum Gasteiger partial charge on any atom is 0.312 e. The summed E-state index contributed by atoms with van der Waals surface area (Å²) >= 11 is 0. The van der Waals surface area contributed by atoms with Gasteiger partial charge in [-0.2, -0.15) is 5.10 Å². The number of aryl methyl sites for hydroxylation is 1. The van der Waals surface area contributed by atoms with E-state index in [1.807, 2.05) is 41.1 Å². The molecule has 1 aromatic heterocycles. The first kappa shape index (κ1) is 15.8. The normalized spacial score (nSPS) is 17.6. The third kappa shape index (κ3) is 2.81. The molecule has 5 heteroatoms. The van der Waals surface area contributed by atoms with Crippen molar-refractivity contribution in [3.8, 4) is 0 Å². The second-order valence-electron chi connectivity index (χ2n) is 6.54. The van der Waals surface area contributed by atoms with Gasteiger partial charge < -0.3 is 5.11 Å². The molecule has 0 aliphatic carbocycles. The van der Waals surface area contributed by atoms with E-state index in [2.05, 4.69) is 24.0 Å². The van der Waals surface area contributed by atoms with Crippen LogP contribution in [0.25, 0.3) is 10.9 Å².